The van der Waals surface area contributed by atoms with Crippen LogP contribution in [0.4, 0.5) is 8.78 Å². The van der Waals surface area contributed by atoms with Crippen molar-refractivity contribution in [1.82, 2.24) is 4.90 Å². The zero-order chi connectivity index (χ0) is 14.9. The van der Waals surface area contributed by atoms with Gasteiger partial charge >= 0.3 is 0 Å². The van der Waals surface area contributed by atoms with Crippen molar-refractivity contribution in [2.24, 2.45) is 0 Å². The zero-order valence-electron chi connectivity index (χ0n) is 11.2. The number of methoxy groups -OCH3 is 1. The summed E-state index contributed by atoms with van der Waals surface area (Å²) in [6, 6.07) is 2.47. The average Bonchev–Trinajstić information content (AvgIpc) is 2.41. The fourth-order valence-electron chi connectivity index (χ4n) is 2.13. The molecule has 0 unspecified atom stereocenters. The van der Waals surface area contributed by atoms with E-state index in [1.807, 2.05) is 6.92 Å². The molecule has 1 aliphatic heterocycles. The van der Waals surface area contributed by atoms with Gasteiger partial charge in [0.25, 0.3) is 0 Å². The lowest BCUT2D eigenvalue weighted by Gasteiger charge is -2.30. The number of nitrogens with zero attached hydrogens (tertiary/aromatic N) is 1. The molecule has 1 aromatic rings. The summed E-state index contributed by atoms with van der Waals surface area (Å²) in [7, 11) is 1.23. The Morgan fingerprint density at radius 2 is 1.85 bits per heavy atom. The Morgan fingerprint density at radius 3 is 2.35 bits per heavy atom. The van der Waals surface area contributed by atoms with Crippen LogP contribution in [-0.4, -0.2) is 18.6 Å². The molecule has 0 aliphatic carbocycles. The molecule has 0 fully saturated rings. The third-order valence-corrected chi connectivity index (χ3v) is 3.44. The van der Waals surface area contributed by atoms with E-state index in [4.69, 9.17) is 11.6 Å². The van der Waals surface area contributed by atoms with E-state index < -0.39 is 11.6 Å². The Labute approximate surface area is 121 Å². The van der Waals surface area contributed by atoms with Gasteiger partial charge in [-0.15, -0.1) is 0 Å². The molecule has 0 N–H and O–H groups in total. The lowest BCUT2D eigenvalue weighted by molar-refractivity contribution is 0.359. The molecular formula is C15H14ClF2NO. The zero-order valence-corrected chi connectivity index (χ0v) is 12.0. The largest absolute Gasteiger partial charge is 0.491 e. The van der Waals surface area contributed by atoms with Crippen molar-refractivity contribution in [3.05, 3.63) is 58.8 Å². The maximum Gasteiger partial charge on any atom is 0.190 e. The number of hydrogen-bond donors (Lipinski definition) is 0. The van der Waals surface area contributed by atoms with Gasteiger partial charge in [0, 0.05) is 17.8 Å². The van der Waals surface area contributed by atoms with Gasteiger partial charge in [0.05, 0.1) is 17.8 Å². The second kappa shape index (κ2) is 5.67. The SMILES string of the molecule is C=C1C(Cl)=CC=C(c2cc(F)c(OC)c(F)c2)N1CC. The molecule has 0 saturated carbocycles. The quantitative estimate of drug-likeness (QED) is 0.825. The van der Waals surface area contributed by atoms with E-state index in [1.54, 1.807) is 17.1 Å². The second-order valence-electron chi connectivity index (χ2n) is 4.23. The van der Waals surface area contributed by atoms with Gasteiger partial charge in [-0.3, -0.25) is 0 Å². The molecule has 0 atom stereocenters. The summed E-state index contributed by atoms with van der Waals surface area (Å²) in [4.78, 5) is 1.79. The first-order valence-electron chi connectivity index (χ1n) is 6.07. The first-order chi connectivity index (χ1) is 9.49. The van der Waals surface area contributed by atoms with Crippen molar-refractivity contribution < 1.29 is 13.5 Å². The minimum Gasteiger partial charge on any atom is -0.491 e. The Bertz CT molecular complexity index is 599. The van der Waals surface area contributed by atoms with Crippen molar-refractivity contribution in [2.75, 3.05) is 13.7 Å². The van der Waals surface area contributed by atoms with Crippen molar-refractivity contribution in [1.29, 1.82) is 0 Å². The van der Waals surface area contributed by atoms with E-state index in [0.717, 1.165) is 0 Å². The Balaban J connectivity index is 2.53. The highest BCUT2D eigenvalue weighted by atomic mass is 35.5. The first-order valence-corrected chi connectivity index (χ1v) is 6.45. The molecule has 1 aliphatic rings. The van der Waals surface area contributed by atoms with E-state index in [-0.39, 0.29) is 5.75 Å². The molecule has 20 heavy (non-hydrogen) atoms. The van der Waals surface area contributed by atoms with Crippen LogP contribution in [0.25, 0.3) is 5.70 Å². The molecule has 2 nitrogen and oxygen atoms in total. The molecule has 0 bridgehead atoms. The van der Waals surface area contributed by atoms with Gasteiger partial charge in [-0.2, -0.15) is 0 Å². The third kappa shape index (κ3) is 2.43. The number of hydrogen-bond acceptors (Lipinski definition) is 2. The van der Waals surface area contributed by atoms with E-state index in [1.165, 1.54) is 19.2 Å². The molecule has 0 aromatic heterocycles. The number of allylic oxidation sites excluding steroid dienone is 3. The highest BCUT2D eigenvalue weighted by Gasteiger charge is 2.21. The fourth-order valence-corrected chi connectivity index (χ4v) is 2.29. The number of likely N-dealkylation sites (N-methyl/N-ethyl adjacent to an activating group) is 1. The van der Waals surface area contributed by atoms with E-state index in [0.29, 0.717) is 28.5 Å². The summed E-state index contributed by atoms with van der Waals surface area (Å²) in [6.07, 6.45) is 3.37. The number of halogens is 3. The summed E-state index contributed by atoms with van der Waals surface area (Å²) in [5.74, 6) is -1.88. The van der Waals surface area contributed by atoms with Crippen LogP contribution in [-0.2, 0) is 0 Å². The molecule has 5 heteroatoms. The molecule has 0 spiro atoms. The van der Waals surface area contributed by atoms with Gasteiger partial charge in [0.15, 0.2) is 17.4 Å². The minimum absolute atomic E-state index is 0.388. The summed E-state index contributed by atoms with van der Waals surface area (Å²) < 4.78 is 32.3. The Kier molecular flexibility index (Phi) is 4.14. The van der Waals surface area contributed by atoms with Crippen LogP contribution in [0, 0.1) is 11.6 Å². The Morgan fingerprint density at radius 1 is 1.25 bits per heavy atom. The smallest absolute Gasteiger partial charge is 0.190 e. The minimum atomic E-state index is -0.745. The van der Waals surface area contributed by atoms with Crippen LogP contribution < -0.4 is 4.74 Å². The van der Waals surface area contributed by atoms with Crippen LogP contribution in [0.2, 0.25) is 0 Å². The predicted molar refractivity (Wildman–Crippen MR) is 76.3 cm³/mol. The predicted octanol–water partition coefficient (Wildman–Crippen LogP) is 4.29. The summed E-state index contributed by atoms with van der Waals surface area (Å²) in [6.45, 7) is 6.37. The number of rotatable bonds is 3. The van der Waals surface area contributed by atoms with Gasteiger partial charge in [-0.25, -0.2) is 8.78 Å². The van der Waals surface area contributed by atoms with E-state index >= 15 is 0 Å². The Hall–Kier alpha value is -1.81. The maximum absolute atomic E-state index is 13.8. The van der Waals surface area contributed by atoms with Crippen molar-refractivity contribution in [3.63, 3.8) is 0 Å². The van der Waals surface area contributed by atoms with Gasteiger partial charge < -0.3 is 9.64 Å². The van der Waals surface area contributed by atoms with Gasteiger partial charge in [-0.1, -0.05) is 18.2 Å². The van der Waals surface area contributed by atoms with Crippen molar-refractivity contribution in [2.45, 2.75) is 6.92 Å². The van der Waals surface area contributed by atoms with Crippen LogP contribution in [0.1, 0.15) is 12.5 Å². The molecule has 0 saturated heterocycles. The number of benzene rings is 1. The summed E-state index contributed by atoms with van der Waals surface area (Å²) >= 11 is 6.01. The fraction of sp³-hybridized carbons (Fsp3) is 0.200. The molecule has 0 amide bonds. The standard InChI is InChI=1S/C15H14ClF2NO/c1-4-19-9(2)11(16)5-6-14(19)10-7-12(17)15(20-3)13(18)8-10/h5-8H,2,4H2,1,3H3. The van der Waals surface area contributed by atoms with E-state index in [9.17, 15) is 8.78 Å². The summed E-state index contributed by atoms with van der Waals surface area (Å²) in [5.41, 5.74) is 1.65. The molecule has 106 valence electrons. The molecule has 1 aromatic carbocycles. The van der Waals surface area contributed by atoms with Crippen molar-refractivity contribution >= 4 is 17.3 Å². The van der Waals surface area contributed by atoms with Crippen LogP contribution in [0.5, 0.6) is 5.75 Å². The van der Waals surface area contributed by atoms with Crippen LogP contribution >= 0.6 is 11.6 Å². The molecular weight excluding hydrogens is 284 g/mol. The lowest BCUT2D eigenvalue weighted by Crippen LogP contribution is -2.23. The highest BCUT2D eigenvalue weighted by molar-refractivity contribution is 6.32. The normalized spacial score (nSPS) is 15.1. The summed E-state index contributed by atoms with van der Waals surface area (Å²) in [5, 5.41) is 0.505. The maximum atomic E-state index is 13.8. The third-order valence-electron chi connectivity index (χ3n) is 3.09. The second-order valence-corrected chi connectivity index (χ2v) is 4.64. The topological polar surface area (TPSA) is 12.5 Å². The lowest BCUT2D eigenvalue weighted by atomic mass is 10.1. The molecule has 2 rings (SSSR count). The van der Waals surface area contributed by atoms with Gasteiger partial charge in [-0.05, 0) is 31.2 Å². The highest BCUT2D eigenvalue weighted by Crippen LogP contribution is 2.34. The van der Waals surface area contributed by atoms with E-state index in [2.05, 4.69) is 11.3 Å². The molecule has 0 radical (unpaired) electrons. The monoisotopic (exact) mass is 297 g/mol. The van der Waals surface area contributed by atoms with Crippen molar-refractivity contribution in [3.8, 4) is 5.75 Å². The average molecular weight is 298 g/mol. The van der Waals surface area contributed by atoms with Gasteiger partial charge in [0.1, 0.15) is 0 Å². The number of ether oxygens (including phenoxy) is 1. The van der Waals surface area contributed by atoms with Gasteiger partial charge in [0.2, 0.25) is 0 Å². The molecule has 1 heterocycles. The van der Waals surface area contributed by atoms with Crippen LogP contribution in [0.15, 0.2) is 41.6 Å². The van der Waals surface area contributed by atoms with Crippen LogP contribution in [0.3, 0.4) is 0 Å². The first kappa shape index (κ1) is 14.6.